The van der Waals surface area contributed by atoms with Crippen LogP contribution in [0.1, 0.15) is 25.3 Å². The number of benzene rings is 2. The Bertz CT molecular complexity index is 624. The second-order valence-corrected chi connectivity index (χ2v) is 6.12. The minimum Gasteiger partial charge on any atom is -0.484 e. The molecule has 0 heterocycles. The van der Waals surface area contributed by atoms with Crippen LogP contribution >= 0.6 is 0 Å². The zero-order valence-electron chi connectivity index (χ0n) is 14.7. The van der Waals surface area contributed by atoms with Crippen LogP contribution in [0.4, 0.5) is 5.69 Å². The third kappa shape index (κ3) is 5.61. The number of hydrogen-bond donors (Lipinski definition) is 1. The van der Waals surface area contributed by atoms with Crippen molar-refractivity contribution < 1.29 is 9.53 Å². The Hall–Kier alpha value is -2.49. The van der Waals surface area contributed by atoms with Gasteiger partial charge in [-0.15, -0.1) is 0 Å². The number of carbonyl (C=O) groups excluding carboxylic acids is 1. The van der Waals surface area contributed by atoms with Gasteiger partial charge in [0.25, 0.3) is 5.91 Å². The van der Waals surface area contributed by atoms with E-state index in [0.29, 0.717) is 12.5 Å². The highest BCUT2D eigenvalue weighted by Gasteiger charge is 2.05. The Balaban J connectivity index is 1.68. The van der Waals surface area contributed by atoms with E-state index in [1.54, 1.807) is 0 Å². The van der Waals surface area contributed by atoms with Crippen molar-refractivity contribution in [1.82, 2.24) is 5.32 Å². The summed E-state index contributed by atoms with van der Waals surface area (Å²) >= 11 is 0. The first kappa shape index (κ1) is 17.9. The van der Waals surface area contributed by atoms with E-state index < -0.39 is 0 Å². The molecule has 0 aliphatic rings. The normalized spacial score (nSPS) is 10.5. The van der Waals surface area contributed by atoms with Crippen LogP contribution in [0.3, 0.4) is 0 Å². The first-order chi connectivity index (χ1) is 11.6. The molecule has 1 N–H and O–H groups in total. The molecule has 0 aliphatic carbocycles. The summed E-state index contributed by atoms with van der Waals surface area (Å²) in [5.74, 6) is 1.10. The molecular formula is C20H26N2O2. The Morgan fingerprint density at radius 1 is 1.08 bits per heavy atom. The van der Waals surface area contributed by atoms with Gasteiger partial charge < -0.3 is 15.0 Å². The molecule has 0 unspecified atom stereocenters. The average Bonchev–Trinajstić information content (AvgIpc) is 2.61. The van der Waals surface area contributed by atoms with Crippen molar-refractivity contribution in [3.8, 4) is 5.75 Å². The van der Waals surface area contributed by atoms with Gasteiger partial charge in [-0.3, -0.25) is 4.79 Å². The number of anilines is 1. The lowest BCUT2D eigenvalue weighted by Gasteiger charge is -2.19. The Morgan fingerprint density at radius 3 is 2.38 bits per heavy atom. The second-order valence-electron chi connectivity index (χ2n) is 6.12. The Labute approximate surface area is 144 Å². The molecule has 0 saturated heterocycles. The highest BCUT2D eigenvalue weighted by Crippen LogP contribution is 2.18. The van der Waals surface area contributed by atoms with Gasteiger partial charge in [0.05, 0.1) is 0 Å². The number of amides is 1. The van der Waals surface area contributed by atoms with Crippen molar-refractivity contribution in [2.75, 3.05) is 31.6 Å². The standard InChI is InChI=1S/C20H26N2O2/c1-16(2)17-9-11-19(12-10-17)24-15-20(23)21-13-14-22(3)18-7-5-4-6-8-18/h4-12,16H,13-15H2,1-3H3,(H,21,23). The third-order valence-corrected chi connectivity index (χ3v) is 3.88. The van der Waals surface area contributed by atoms with Crippen LogP contribution < -0.4 is 15.0 Å². The molecule has 128 valence electrons. The van der Waals surface area contributed by atoms with E-state index in [9.17, 15) is 4.79 Å². The highest BCUT2D eigenvalue weighted by molar-refractivity contribution is 5.77. The van der Waals surface area contributed by atoms with Crippen molar-refractivity contribution in [1.29, 1.82) is 0 Å². The van der Waals surface area contributed by atoms with Gasteiger partial charge in [-0.25, -0.2) is 0 Å². The topological polar surface area (TPSA) is 41.6 Å². The second kappa shape index (κ2) is 8.96. The Morgan fingerprint density at radius 2 is 1.75 bits per heavy atom. The minimum atomic E-state index is -0.107. The molecule has 2 rings (SSSR count). The molecule has 0 aromatic heterocycles. The molecule has 4 heteroatoms. The van der Waals surface area contributed by atoms with Gasteiger partial charge in [0.2, 0.25) is 0 Å². The molecule has 1 amide bonds. The maximum absolute atomic E-state index is 11.9. The summed E-state index contributed by atoms with van der Waals surface area (Å²) < 4.78 is 5.52. The molecular weight excluding hydrogens is 300 g/mol. The molecule has 2 aromatic carbocycles. The van der Waals surface area contributed by atoms with Crippen LogP contribution in [-0.2, 0) is 4.79 Å². The first-order valence-electron chi connectivity index (χ1n) is 8.32. The summed E-state index contributed by atoms with van der Waals surface area (Å²) in [5, 5.41) is 2.88. The van der Waals surface area contributed by atoms with E-state index in [1.807, 2.05) is 61.6 Å². The molecule has 0 radical (unpaired) electrons. The molecule has 0 atom stereocenters. The summed E-state index contributed by atoms with van der Waals surface area (Å²) in [4.78, 5) is 14.0. The number of nitrogens with zero attached hydrogens (tertiary/aromatic N) is 1. The first-order valence-corrected chi connectivity index (χ1v) is 8.32. The van der Waals surface area contributed by atoms with Crippen molar-refractivity contribution >= 4 is 11.6 Å². The number of likely N-dealkylation sites (N-methyl/N-ethyl adjacent to an activating group) is 1. The summed E-state index contributed by atoms with van der Waals surface area (Å²) in [6, 6.07) is 18.0. The van der Waals surface area contributed by atoms with Crippen molar-refractivity contribution in [2.45, 2.75) is 19.8 Å². The minimum absolute atomic E-state index is 0.0378. The molecule has 24 heavy (non-hydrogen) atoms. The lowest BCUT2D eigenvalue weighted by molar-refractivity contribution is -0.123. The van der Waals surface area contributed by atoms with Crippen LogP contribution in [0, 0.1) is 0 Å². The van der Waals surface area contributed by atoms with Gasteiger partial charge in [-0.1, -0.05) is 44.2 Å². The van der Waals surface area contributed by atoms with Gasteiger partial charge in [-0.2, -0.15) is 0 Å². The van der Waals surface area contributed by atoms with E-state index in [2.05, 4.69) is 24.1 Å². The van der Waals surface area contributed by atoms with Crippen LogP contribution in [0.2, 0.25) is 0 Å². The Kier molecular flexibility index (Phi) is 6.67. The van der Waals surface area contributed by atoms with E-state index in [1.165, 1.54) is 5.56 Å². The number of hydrogen-bond acceptors (Lipinski definition) is 3. The largest absolute Gasteiger partial charge is 0.484 e. The lowest BCUT2D eigenvalue weighted by atomic mass is 10.0. The van der Waals surface area contributed by atoms with E-state index in [4.69, 9.17) is 4.74 Å². The molecule has 0 bridgehead atoms. The van der Waals surface area contributed by atoms with Crippen LogP contribution in [-0.4, -0.2) is 32.7 Å². The maximum atomic E-state index is 11.9. The zero-order valence-corrected chi connectivity index (χ0v) is 14.7. The fraction of sp³-hybridized carbons (Fsp3) is 0.350. The zero-order chi connectivity index (χ0) is 17.4. The summed E-state index contributed by atoms with van der Waals surface area (Å²) in [7, 11) is 2.01. The predicted molar refractivity (Wildman–Crippen MR) is 98.7 cm³/mol. The summed E-state index contributed by atoms with van der Waals surface area (Å²) in [5.41, 5.74) is 2.39. The number of carbonyl (C=O) groups is 1. The van der Waals surface area contributed by atoms with Crippen molar-refractivity contribution in [2.24, 2.45) is 0 Å². The molecule has 4 nitrogen and oxygen atoms in total. The van der Waals surface area contributed by atoms with Crippen molar-refractivity contribution in [3.63, 3.8) is 0 Å². The third-order valence-electron chi connectivity index (χ3n) is 3.88. The summed E-state index contributed by atoms with van der Waals surface area (Å²) in [6.45, 7) is 5.67. The lowest BCUT2D eigenvalue weighted by Crippen LogP contribution is -2.35. The summed E-state index contributed by atoms with van der Waals surface area (Å²) in [6.07, 6.45) is 0. The van der Waals surface area contributed by atoms with Crippen LogP contribution in [0.5, 0.6) is 5.75 Å². The highest BCUT2D eigenvalue weighted by atomic mass is 16.5. The SMILES string of the molecule is CC(C)c1ccc(OCC(=O)NCCN(C)c2ccccc2)cc1. The van der Waals surface area contributed by atoms with Gasteiger partial charge in [-0.05, 0) is 35.7 Å². The maximum Gasteiger partial charge on any atom is 0.258 e. The van der Waals surface area contributed by atoms with E-state index >= 15 is 0 Å². The van der Waals surface area contributed by atoms with E-state index in [-0.39, 0.29) is 12.5 Å². The van der Waals surface area contributed by atoms with Crippen molar-refractivity contribution in [3.05, 3.63) is 60.2 Å². The van der Waals surface area contributed by atoms with E-state index in [0.717, 1.165) is 18.0 Å². The number of nitrogens with one attached hydrogen (secondary N) is 1. The van der Waals surface area contributed by atoms with Gasteiger partial charge in [0.1, 0.15) is 5.75 Å². The number of rotatable bonds is 8. The fourth-order valence-electron chi connectivity index (χ4n) is 2.32. The predicted octanol–water partition coefficient (Wildman–Crippen LogP) is 3.44. The molecule has 0 aliphatic heterocycles. The number of ether oxygens (including phenoxy) is 1. The quantitative estimate of drug-likeness (QED) is 0.808. The van der Waals surface area contributed by atoms with Gasteiger partial charge in [0.15, 0.2) is 6.61 Å². The fourth-order valence-corrected chi connectivity index (χ4v) is 2.32. The molecule has 0 fully saturated rings. The molecule has 0 spiro atoms. The molecule has 0 saturated carbocycles. The monoisotopic (exact) mass is 326 g/mol. The molecule has 2 aromatic rings. The number of para-hydroxylation sites is 1. The smallest absolute Gasteiger partial charge is 0.258 e. The van der Waals surface area contributed by atoms with Crippen LogP contribution in [0.25, 0.3) is 0 Å². The average molecular weight is 326 g/mol. The van der Waals surface area contributed by atoms with Gasteiger partial charge >= 0.3 is 0 Å². The van der Waals surface area contributed by atoms with Gasteiger partial charge in [0, 0.05) is 25.8 Å². The van der Waals surface area contributed by atoms with Crippen LogP contribution in [0.15, 0.2) is 54.6 Å².